The maximum atomic E-state index is 2.64. The first-order valence-electron chi connectivity index (χ1n) is 17.4. The van der Waals surface area contributed by atoms with E-state index in [0.717, 1.165) is 0 Å². The number of hydrogen-bond donors (Lipinski definition) is 0. The topological polar surface area (TPSA) is 0 Å². The van der Waals surface area contributed by atoms with Gasteiger partial charge in [0.15, 0.2) is 0 Å². The third-order valence-electron chi connectivity index (χ3n) is 11.4. The van der Waals surface area contributed by atoms with Crippen molar-refractivity contribution in [2.45, 2.75) is 128 Å². The van der Waals surface area contributed by atoms with E-state index >= 15 is 0 Å². The molecular weight excluding hydrogens is 516 g/mol. The molecule has 0 heteroatoms. The lowest BCUT2D eigenvalue weighted by molar-refractivity contribution is 0.442. The van der Waals surface area contributed by atoms with Crippen LogP contribution in [0, 0.1) is 5.41 Å². The van der Waals surface area contributed by atoms with Gasteiger partial charge in [-0.2, -0.15) is 0 Å². The summed E-state index contributed by atoms with van der Waals surface area (Å²) >= 11 is 0. The quantitative estimate of drug-likeness (QED) is 0.294. The molecule has 224 valence electrons. The highest BCUT2D eigenvalue weighted by Crippen LogP contribution is 2.64. The Morgan fingerprint density at radius 3 is 1.60 bits per heavy atom. The van der Waals surface area contributed by atoms with Crippen molar-refractivity contribution < 1.29 is 0 Å². The van der Waals surface area contributed by atoms with Crippen LogP contribution in [0.25, 0.3) is 5.57 Å². The van der Waals surface area contributed by atoms with Crippen molar-refractivity contribution in [1.82, 2.24) is 0 Å². The molecule has 0 saturated heterocycles. The number of fused-ring (bicyclic) bond motifs is 3. The molecule has 0 N–H and O–H groups in total. The van der Waals surface area contributed by atoms with E-state index in [1.165, 1.54) is 103 Å². The molecule has 0 spiro atoms. The summed E-state index contributed by atoms with van der Waals surface area (Å²) in [6.45, 7) is 14.3. The van der Waals surface area contributed by atoms with Gasteiger partial charge in [-0.15, -0.1) is 0 Å². The van der Waals surface area contributed by atoms with Crippen LogP contribution in [0.3, 0.4) is 0 Å². The number of rotatable bonds is 4. The van der Waals surface area contributed by atoms with Gasteiger partial charge in [0.1, 0.15) is 0 Å². The highest BCUT2D eigenvalue weighted by atomic mass is 14.6. The Kier molecular flexibility index (Phi) is 7.15. The monoisotopic (exact) mass is 568 g/mol. The van der Waals surface area contributed by atoms with Gasteiger partial charge in [-0.3, -0.25) is 0 Å². The summed E-state index contributed by atoms with van der Waals surface area (Å²) in [5.74, 6) is 1.38. The molecule has 0 amide bonds. The van der Waals surface area contributed by atoms with Crippen LogP contribution in [0.4, 0.5) is 0 Å². The zero-order chi connectivity index (χ0) is 30.0. The van der Waals surface area contributed by atoms with Gasteiger partial charge in [-0.25, -0.2) is 0 Å². The molecule has 7 rings (SSSR count). The smallest absolute Gasteiger partial charge is 0.0617 e. The van der Waals surface area contributed by atoms with Crippen molar-refractivity contribution in [1.29, 1.82) is 0 Å². The van der Waals surface area contributed by atoms with E-state index < -0.39 is 0 Å². The second-order valence-electron chi connectivity index (χ2n) is 16.3. The fourth-order valence-electron chi connectivity index (χ4n) is 8.94. The van der Waals surface area contributed by atoms with Crippen LogP contribution < -0.4 is 0 Å². The average molecular weight is 569 g/mol. The third-order valence-corrected chi connectivity index (χ3v) is 11.4. The minimum atomic E-state index is -0.293. The Morgan fingerprint density at radius 1 is 0.581 bits per heavy atom. The van der Waals surface area contributed by atoms with Crippen molar-refractivity contribution in [2.75, 3.05) is 0 Å². The van der Waals surface area contributed by atoms with Crippen molar-refractivity contribution >= 4 is 5.57 Å². The molecule has 0 heterocycles. The van der Waals surface area contributed by atoms with Crippen molar-refractivity contribution in [3.8, 4) is 0 Å². The second kappa shape index (κ2) is 10.6. The molecule has 3 aromatic rings. The fraction of sp³-hybridized carbons (Fsp3) is 0.488. The molecule has 0 atom stereocenters. The fourth-order valence-corrected chi connectivity index (χ4v) is 8.94. The lowest BCUT2D eigenvalue weighted by Crippen LogP contribution is -2.33. The summed E-state index contributed by atoms with van der Waals surface area (Å²) in [7, 11) is 0. The van der Waals surface area contributed by atoms with E-state index in [2.05, 4.69) is 114 Å². The van der Waals surface area contributed by atoms with E-state index in [1.54, 1.807) is 16.7 Å². The Morgan fingerprint density at radius 2 is 1.12 bits per heavy atom. The molecule has 0 aliphatic heterocycles. The van der Waals surface area contributed by atoms with Crippen molar-refractivity contribution in [2.24, 2.45) is 5.41 Å². The predicted octanol–water partition coefficient (Wildman–Crippen LogP) is 12.2. The average Bonchev–Trinajstić information content (AvgIpc) is 3.20. The molecule has 0 bridgehead atoms. The molecular formula is C43H52. The number of benzene rings is 3. The summed E-state index contributed by atoms with van der Waals surface area (Å²) in [6, 6.07) is 27.3. The van der Waals surface area contributed by atoms with Gasteiger partial charge in [0.05, 0.1) is 5.41 Å². The van der Waals surface area contributed by atoms with Crippen LogP contribution in [0.1, 0.15) is 157 Å². The number of allylic oxidation sites excluding steroid dienone is 4. The van der Waals surface area contributed by atoms with Crippen LogP contribution in [-0.2, 0) is 10.8 Å². The first-order valence-corrected chi connectivity index (χ1v) is 17.4. The molecule has 4 aliphatic carbocycles. The zero-order valence-corrected chi connectivity index (χ0v) is 27.7. The highest BCUT2D eigenvalue weighted by Gasteiger charge is 2.54. The molecule has 3 aromatic carbocycles. The number of hydrogen-bond acceptors (Lipinski definition) is 0. The highest BCUT2D eigenvalue weighted by molar-refractivity contribution is 6.01. The van der Waals surface area contributed by atoms with E-state index in [-0.39, 0.29) is 16.2 Å². The second-order valence-corrected chi connectivity index (χ2v) is 16.3. The van der Waals surface area contributed by atoms with E-state index in [4.69, 9.17) is 0 Å². The van der Waals surface area contributed by atoms with Crippen LogP contribution in [0.2, 0.25) is 0 Å². The molecule has 43 heavy (non-hydrogen) atoms. The van der Waals surface area contributed by atoms with Crippen molar-refractivity contribution in [3.63, 3.8) is 0 Å². The van der Waals surface area contributed by atoms with E-state index in [0.29, 0.717) is 11.8 Å². The van der Waals surface area contributed by atoms with Crippen LogP contribution in [0.15, 0.2) is 84.0 Å². The predicted molar refractivity (Wildman–Crippen MR) is 184 cm³/mol. The molecule has 0 nitrogen and oxygen atoms in total. The Hall–Kier alpha value is -2.86. The van der Waals surface area contributed by atoms with Gasteiger partial charge in [0, 0.05) is 0 Å². The maximum absolute atomic E-state index is 2.64. The summed E-state index contributed by atoms with van der Waals surface area (Å²) in [5, 5.41) is 0. The van der Waals surface area contributed by atoms with Crippen LogP contribution in [-0.4, -0.2) is 0 Å². The minimum Gasteiger partial charge on any atom is -0.0617 e. The maximum Gasteiger partial charge on any atom is 0.0716 e. The summed E-state index contributed by atoms with van der Waals surface area (Å²) in [6.07, 6.45) is 16.1. The van der Waals surface area contributed by atoms with Crippen molar-refractivity contribution in [3.05, 3.63) is 123 Å². The molecule has 2 fully saturated rings. The summed E-state index contributed by atoms with van der Waals surface area (Å²) < 4.78 is 0. The minimum absolute atomic E-state index is 0.0843. The third kappa shape index (κ3) is 4.79. The Labute approximate surface area is 261 Å². The molecule has 0 radical (unpaired) electrons. The molecule has 2 saturated carbocycles. The molecule has 0 aromatic heterocycles. The van der Waals surface area contributed by atoms with Gasteiger partial charge in [0.25, 0.3) is 0 Å². The van der Waals surface area contributed by atoms with Gasteiger partial charge in [0.2, 0.25) is 0 Å². The van der Waals surface area contributed by atoms with Crippen LogP contribution >= 0.6 is 0 Å². The van der Waals surface area contributed by atoms with Gasteiger partial charge in [-0.05, 0) is 110 Å². The molecule has 0 unspecified atom stereocenters. The lowest BCUT2D eigenvalue weighted by atomic mass is 9.60. The SMILES string of the molecule is CC(C)(C)C1=C2C(=C1)c1ccc(C(C)(C)C)cc1C2(c1cccc(C2CCCCC2)c1)c1cccc(C2CCCCC2)c1. The van der Waals surface area contributed by atoms with E-state index in [9.17, 15) is 0 Å². The van der Waals surface area contributed by atoms with Crippen LogP contribution in [0.5, 0.6) is 0 Å². The zero-order valence-electron chi connectivity index (χ0n) is 27.7. The largest absolute Gasteiger partial charge is 0.0716 e. The summed E-state index contributed by atoms with van der Waals surface area (Å²) in [4.78, 5) is 0. The van der Waals surface area contributed by atoms with Gasteiger partial charge >= 0.3 is 0 Å². The first-order chi connectivity index (χ1) is 20.6. The normalized spacial score (nSPS) is 20.8. The molecule has 4 aliphatic rings. The Bertz CT molecular complexity index is 1520. The van der Waals surface area contributed by atoms with Gasteiger partial charge < -0.3 is 0 Å². The lowest BCUT2D eigenvalue weighted by Gasteiger charge is -2.42. The van der Waals surface area contributed by atoms with E-state index in [1.807, 2.05) is 0 Å². The first kappa shape index (κ1) is 28.9. The van der Waals surface area contributed by atoms with Gasteiger partial charge in [-0.1, -0.05) is 147 Å². The standard InChI is InChI=1S/C43H52/c1-41(2,3)33-23-24-36-37-28-39(42(4,5)6)40(37)43(38(36)27-33,34-21-13-19-31(25-34)29-15-9-7-10-16-29)35-22-14-20-32(26-35)30-17-11-8-12-18-30/h13-14,19-30H,7-12,15-18H2,1-6H3. The summed E-state index contributed by atoms with van der Waals surface area (Å²) in [5.41, 5.74) is 14.9. The Balaban J connectivity index is 1.53.